The quantitative estimate of drug-likeness (QED) is 0.0335. The Morgan fingerprint density at radius 3 is 2.33 bits per heavy atom. The van der Waals surface area contributed by atoms with E-state index in [1.807, 2.05) is 0 Å². The second kappa shape index (κ2) is 14.7. The number of imide groups is 1. The van der Waals surface area contributed by atoms with Crippen LogP contribution in [0.25, 0.3) is 20.8 Å². The lowest BCUT2D eigenvalue weighted by atomic mass is 9.98. The molecule has 55 heavy (non-hydrogen) atoms. The van der Waals surface area contributed by atoms with Crippen molar-refractivity contribution in [2.45, 2.75) is 30.6 Å². The minimum atomic E-state index is -4.85. The predicted octanol–water partition coefficient (Wildman–Crippen LogP) is 4.52. The maximum atomic E-state index is 13.0. The van der Waals surface area contributed by atoms with E-state index in [1.165, 1.54) is 19.9 Å². The minimum absolute atomic E-state index is 0.00108. The van der Waals surface area contributed by atoms with Crippen molar-refractivity contribution in [1.82, 2.24) is 24.8 Å². The summed E-state index contributed by atoms with van der Waals surface area (Å²) >= 11 is 7.33. The van der Waals surface area contributed by atoms with Gasteiger partial charge in [0.05, 0.1) is 21.6 Å². The number of hydrogen-bond acceptors (Lipinski definition) is 15. The number of nitrogens with zero attached hydrogens (tertiary/aromatic N) is 6. The summed E-state index contributed by atoms with van der Waals surface area (Å²) in [6.45, 7) is 4.24. The first-order chi connectivity index (χ1) is 25.8. The number of aromatic amines is 1. The SMILES string of the molecule is CCN1C(=O)C(=NNc2cc(N=c3nc(Nc4ccc(-c5nc6ccc(C)c(S(=O)(=O)O)c6s5)cc4)nc(Cl)[nH]3)ccc2S(=O)(=O)O)C(C)=C(C(=N)O)C1=O. The Balaban J connectivity index is 1.29. The number of likely N-dealkylation sites (N-methyl/N-ethyl adjacent to an activating group) is 1. The van der Waals surface area contributed by atoms with Gasteiger partial charge in [-0.3, -0.25) is 39.4 Å². The molecule has 0 bridgehead atoms. The molecule has 1 aliphatic rings. The third-order valence-electron chi connectivity index (χ3n) is 7.94. The second-order valence-electron chi connectivity index (χ2n) is 11.6. The normalized spacial score (nSPS) is 15.0. The van der Waals surface area contributed by atoms with Gasteiger partial charge < -0.3 is 10.4 Å². The number of rotatable bonds is 10. The molecule has 7 N–H and O–H groups in total. The van der Waals surface area contributed by atoms with Gasteiger partial charge in [0.1, 0.15) is 20.4 Å². The van der Waals surface area contributed by atoms with Gasteiger partial charge in [-0.05, 0) is 86.5 Å². The van der Waals surface area contributed by atoms with Gasteiger partial charge in [0, 0.05) is 23.4 Å². The lowest BCUT2D eigenvalue weighted by Gasteiger charge is -2.26. The summed E-state index contributed by atoms with van der Waals surface area (Å²) in [5, 5.41) is 24.7. The molecule has 0 aliphatic carbocycles. The van der Waals surface area contributed by atoms with E-state index in [-0.39, 0.29) is 45.2 Å². The number of aliphatic hydroxyl groups excluding tert-OH is 1. The average molecular weight is 827 g/mol. The van der Waals surface area contributed by atoms with E-state index < -0.39 is 54.1 Å². The van der Waals surface area contributed by atoms with Gasteiger partial charge in [-0.1, -0.05) is 6.07 Å². The Bertz CT molecular complexity index is 2820. The second-order valence-corrected chi connectivity index (χ2v) is 15.7. The Labute approximate surface area is 320 Å². The van der Waals surface area contributed by atoms with Crippen LogP contribution in [-0.4, -0.2) is 85.9 Å². The maximum absolute atomic E-state index is 13.0. The number of hydrazone groups is 1. The zero-order valence-electron chi connectivity index (χ0n) is 28.5. The molecular weight excluding hydrogens is 800 g/mol. The van der Waals surface area contributed by atoms with Gasteiger partial charge in [0.2, 0.25) is 22.7 Å². The summed E-state index contributed by atoms with van der Waals surface area (Å²) in [5.74, 6) is -2.87. The van der Waals surface area contributed by atoms with Crippen molar-refractivity contribution in [1.29, 1.82) is 5.41 Å². The van der Waals surface area contributed by atoms with E-state index in [2.05, 4.69) is 40.8 Å². The van der Waals surface area contributed by atoms with Crippen LogP contribution in [0.15, 0.2) is 85.6 Å². The van der Waals surface area contributed by atoms with Crippen molar-refractivity contribution >= 4 is 99.8 Å². The van der Waals surface area contributed by atoms with Gasteiger partial charge in [-0.15, -0.1) is 11.3 Å². The number of H-pyrrole nitrogens is 1. The highest BCUT2D eigenvalue weighted by atomic mass is 35.5. The van der Waals surface area contributed by atoms with Crippen LogP contribution in [0.4, 0.5) is 23.0 Å². The van der Waals surface area contributed by atoms with Gasteiger partial charge in [-0.2, -0.15) is 31.9 Å². The summed E-state index contributed by atoms with van der Waals surface area (Å²) < 4.78 is 68.4. The standard InChI is InChI=1S/C32H27ClN10O9S3/c1-4-43-28(45)22(26(34)44)15(3)23(29(43)46)42-41-20-13-18(10-12-21(20)54(47,48)49)36-32-39-30(33)38-31(40-32)35-17-8-6-16(7-9-17)27-37-19-11-5-14(2)25(24(19)53-27)55(50,51)52/h5-13,41H,4H2,1-3H3,(H2,34,44)(H,47,48,49)(H,50,51,52)(H2,35,36,38,39,40). The number of amides is 2. The minimum Gasteiger partial charge on any atom is -0.493 e. The molecule has 6 rings (SSSR count). The Morgan fingerprint density at radius 2 is 1.69 bits per heavy atom. The zero-order chi connectivity index (χ0) is 40.0. The molecule has 5 aromatic rings. The van der Waals surface area contributed by atoms with Gasteiger partial charge in [-0.25, -0.2) is 9.98 Å². The first-order valence-corrected chi connectivity index (χ1v) is 19.7. The van der Waals surface area contributed by atoms with Crippen molar-refractivity contribution in [3.8, 4) is 10.6 Å². The van der Waals surface area contributed by atoms with Crippen LogP contribution >= 0.6 is 22.9 Å². The van der Waals surface area contributed by atoms with Crippen LogP contribution in [0.5, 0.6) is 0 Å². The molecule has 0 fully saturated rings. The molecule has 0 atom stereocenters. The number of hydrogen-bond donors (Lipinski definition) is 7. The molecule has 3 heterocycles. The van der Waals surface area contributed by atoms with Crippen molar-refractivity contribution < 1.29 is 40.6 Å². The number of halogens is 1. The number of aliphatic hydroxyl groups is 1. The highest BCUT2D eigenvalue weighted by Crippen LogP contribution is 2.36. The van der Waals surface area contributed by atoms with Gasteiger partial charge in [0.15, 0.2) is 5.71 Å². The van der Waals surface area contributed by atoms with Crippen molar-refractivity contribution in [3.63, 3.8) is 0 Å². The number of thiazole rings is 1. The molecule has 3 aromatic carbocycles. The molecule has 0 spiro atoms. The average Bonchev–Trinajstić information content (AvgIpc) is 3.51. The third kappa shape index (κ3) is 7.99. The first-order valence-electron chi connectivity index (χ1n) is 15.6. The van der Waals surface area contributed by atoms with E-state index in [4.69, 9.17) is 17.0 Å². The van der Waals surface area contributed by atoms with E-state index in [9.17, 15) is 40.6 Å². The van der Waals surface area contributed by atoms with Crippen molar-refractivity contribution in [3.05, 3.63) is 82.2 Å². The molecule has 19 nitrogen and oxygen atoms in total. The summed E-state index contributed by atoms with van der Waals surface area (Å²) in [5.41, 5.74) is 2.99. The van der Waals surface area contributed by atoms with E-state index >= 15 is 0 Å². The molecule has 0 unspecified atom stereocenters. The van der Waals surface area contributed by atoms with E-state index in [0.717, 1.165) is 28.4 Å². The number of carbonyl (C=O) groups is 2. The molecule has 0 saturated carbocycles. The van der Waals surface area contributed by atoms with Gasteiger partial charge >= 0.3 is 0 Å². The Hall–Kier alpha value is -5.91. The lowest BCUT2D eigenvalue weighted by molar-refractivity contribution is -0.138. The number of fused-ring (bicyclic) bond motifs is 1. The fraction of sp³-hybridized carbons (Fsp3) is 0.125. The summed E-state index contributed by atoms with van der Waals surface area (Å²) in [4.78, 5) is 45.5. The number of aromatic nitrogens is 4. The van der Waals surface area contributed by atoms with E-state index in [1.54, 1.807) is 43.3 Å². The number of anilines is 3. The molecule has 2 amide bonds. The third-order valence-corrected chi connectivity index (χ3v) is 11.3. The van der Waals surface area contributed by atoms with Gasteiger partial charge in [0.25, 0.3) is 32.1 Å². The van der Waals surface area contributed by atoms with Crippen molar-refractivity contribution in [2.24, 2.45) is 10.1 Å². The van der Waals surface area contributed by atoms with Crippen LogP contribution in [-0.2, 0) is 29.8 Å². The topological polar surface area (TPSA) is 293 Å². The maximum Gasteiger partial charge on any atom is 0.296 e. The summed E-state index contributed by atoms with van der Waals surface area (Å²) in [6.07, 6.45) is 0. The van der Waals surface area contributed by atoms with Crippen LogP contribution < -0.4 is 16.4 Å². The fourth-order valence-electron chi connectivity index (χ4n) is 5.44. The number of aryl methyl sites for hydroxylation is 1. The highest BCUT2D eigenvalue weighted by Gasteiger charge is 2.38. The van der Waals surface area contributed by atoms with Crippen LogP contribution in [0.3, 0.4) is 0 Å². The van der Waals surface area contributed by atoms with Crippen LogP contribution in [0, 0.1) is 12.3 Å². The summed E-state index contributed by atoms with van der Waals surface area (Å²) in [7, 11) is -9.33. The lowest BCUT2D eigenvalue weighted by Crippen LogP contribution is -2.48. The summed E-state index contributed by atoms with van der Waals surface area (Å²) in [6, 6.07) is 13.5. The largest absolute Gasteiger partial charge is 0.493 e. The van der Waals surface area contributed by atoms with Crippen LogP contribution in [0.1, 0.15) is 19.4 Å². The molecule has 2 aromatic heterocycles. The highest BCUT2D eigenvalue weighted by molar-refractivity contribution is 7.86. The smallest absolute Gasteiger partial charge is 0.296 e. The van der Waals surface area contributed by atoms with Crippen molar-refractivity contribution in [2.75, 3.05) is 17.3 Å². The molecular formula is C32H27ClN10O9S3. The Kier molecular flexibility index (Phi) is 10.4. The van der Waals surface area contributed by atoms with E-state index in [0.29, 0.717) is 32.0 Å². The first kappa shape index (κ1) is 38.8. The molecule has 0 radical (unpaired) electrons. The number of carbonyl (C=O) groups excluding carboxylic acids is 2. The Morgan fingerprint density at radius 1 is 0.982 bits per heavy atom. The molecule has 1 aliphatic heterocycles. The van der Waals surface area contributed by atoms with Crippen LogP contribution in [0.2, 0.25) is 5.28 Å². The monoisotopic (exact) mass is 826 g/mol. The predicted molar refractivity (Wildman–Crippen MR) is 202 cm³/mol. The molecule has 23 heteroatoms. The number of benzene rings is 3. The fourth-order valence-corrected chi connectivity index (χ4v) is 8.55. The molecule has 284 valence electrons. The molecule has 0 saturated heterocycles. The zero-order valence-corrected chi connectivity index (χ0v) is 31.7. The number of nitrogens with one attached hydrogen (secondary N) is 4.